The molecule has 0 fully saturated rings. The van der Waals surface area contributed by atoms with E-state index in [2.05, 4.69) is 19.1 Å². The van der Waals surface area contributed by atoms with Crippen molar-refractivity contribution in [2.24, 2.45) is 0 Å². The Labute approximate surface area is 119 Å². The van der Waals surface area contributed by atoms with Crippen molar-refractivity contribution >= 4 is 11.7 Å². The number of nitrogen functional groups attached to an aromatic ring is 1. The predicted molar refractivity (Wildman–Crippen MR) is 80.5 cm³/mol. The van der Waals surface area contributed by atoms with Gasteiger partial charge in [0.15, 0.2) is 0 Å². The largest absolute Gasteiger partial charge is 0.457 e. The van der Waals surface area contributed by atoms with Crippen molar-refractivity contribution in [3.05, 3.63) is 64.7 Å². The third-order valence-corrected chi connectivity index (χ3v) is 3.31. The van der Waals surface area contributed by atoms with Crippen molar-refractivity contribution in [1.82, 2.24) is 0 Å². The van der Waals surface area contributed by atoms with Gasteiger partial charge in [-0.3, -0.25) is 0 Å². The first-order valence-electron chi connectivity index (χ1n) is 6.71. The molecule has 0 unspecified atom stereocenters. The summed E-state index contributed by atoms with van der Waals surface area (Å²) in [6.07, 6.45) is 1.00. The van der Waals surface area contributed by atoms with Gasteiger partial charge in [-0.2, -0.15) is 0 Å². The Hall–Kier alpha value is -2.29. The number of ether oxygens (including phenoxy) is 1. The van der Waals surface area contributed by atoms with Crippen LogP contribution in [0.5, 0.6) is 0 Å². The van der Waals surface area contributed by atoms with Crippen LogP contribution >= 0.6 is 0 Å². The van der Waals surface area contributed by atoms with Gasteiger partial charge >= 0.3 is 5.97 Å². The van der Waals surface area contributed by atoms with Gasteiger partial charge in [-0.05, 0) is 48.2 Å². The Morgan fingerprint density at radius 2 is 1.75 bits per heavy atom. The molecule has 0 radical (unpaired) electrons. The standard InChI is InChI=1S/C17H19NO2/c1-3-13-4-6-14(7-5-13)11-20-17(19)15-8-9-16(18)12(2)10-15/h4-10H,3,11,18H2,1-2H3. The number of nitrogens with two attached hydrogens (primary N) is 1. The Kier molecular flexibility index (Phi) is 4.41. The summed E-state index contributed by atoms with van der Waals surface area (Å²) in [5, 5.41) is 0. The minimum absolute atomic E-state index is 0.284. The molecule has 2 rings (SSSR count). The average Bonchev–Trinajstić information content (AvgIpc) is 2.48. The average molecular weight is 269 g/mol. The second-order valence-electron chi connectivity index (χ2n) is 4.82. The van der Waals surface area contributed by atoms with E-state index in [9.17, 15) is 4.79 Å². The molecule has 104 valence electrons. The minimum Gasteiger partial charge on any atom is -0.457 e. The van der Waals surface area contributed by atoms with Crippen molar-refractivity contribution in [2.45, 2.75) is 26.9 Å². The molecule has 0 aliphatic carbocycles. The van der Waals surface area contributed by atoms with Crippen LogP contribution in [0.3, 0.4) is 0 Å². The summed E-state index contributed by atoms with van der Waals surface area (Å²) in [6, 6.07) is 13.2. The molecule has 0 aromatic heterocycles. The topological polar surface area (TPSA) is 52.3 Å². The fraction of sp³-hybridized carbons (Fsp3) is 0.235. The molecule has 0 heterocycles. The number of benzene rings is 2. The van der Waals surface area contributed by atoms with Crippen LogP contribution in [0, 0.1) is 6.92 Å². The second kappa shape index (κ2) is 6.24. The summed E-state index contributed by atoms with van der Waals surface area (Å²) in [5.74, 6) is -0.326. The molecule has 3 nitrogen and oxygen atoms in total. The lowest BCUT2D eigenvalue weighted by molar-refractivity contribution is 0.0472. The molecular weight excluding hydrogens is 250 g/mol. The quantitative estimate of drug-likeness (QED) is 0.682. The molecular formula is C17H19NO2. The van der Waals surface area contributed by atoms with Gasteiger partial charge < -0.3 is 10.5 Å². The van der Waals surface area contributed by atoms with Gasteiger partial charge in [-0.15, -0.1) is 0 Å². The first-order valence-corrected chi connectivity index (χ1v) is 6.71. The summed E-state index contributed by atoms with van der Waals surface area (Å²) in [7, 11) is 0. The highest BCUT2D eigenvalue weighted by Crippen LogP contribution is 2.14. The molecule has 2 aromatic carbocycles. The van der Waals surface area contributed by atoms with Gasteiger partial charge in [-0.1, -0.05) is 31.2 Å². The normalized spacial score (nSPS) is 10.3. The smallest absolute Gasteiger partial charge is 0.338 e. The molecule has 3 heteroatoms. The molecule has 0 saturated heterocycles. The van der Waals surface area contributed by atoms with E-state index in [1.165, 1.54) is 5.56 Å². The highest BCUT2D eigenvalue weighted by molar-refractivity contribution is 5.90. The fourth-order valence-corrected chi connectivity index (χ4v) is 1.91. The predicted octanol–water partition coefficient (Wildman–Crippen LogP) is 3.50. The van der Waals surface area contributed by atoms with Crippen LogP contribution in [-0.4, -0.2) is 5.97 Å². The molecule has 0 aliphatic heterocycles. The van der Waals surface area contributed by atoms with Gasteiger partial charge in [0.25, 0.3) is 0 Å². The van der Waals surface area contributed by atoms with E-state index >= 15 is 0 Å². The number of rotatable bonds is 4. The molecule has 0 atom stereocenters. The summed E-state index contributed by atoms with van der Waals surface area (Å²) in [6.45, 7) is 4.26. The van der Waals surface area contributed by atoms with Crippen molar-refractivity contribution in [3.8, 4) is 0 Å². The molecule has 0 saturated carbocycles. The SMILES string of the molecule is CCc1ccc(COC(=O)c2ccc(N)c(C)c2)cc1. The first-order chi connectivity index (χ1) is 9.60. The summed E-state index contributed by atoms with van der Waals surface area (Å²) in [5.41, 5.74) is 10.1. The Bertz CT molecular complexity index is 603. The van der Waals surface area contributed by atoms with E-state index in [-0.39, 0.29) is 12.6 Å². The van der Waals surface area contributed by atoms with Crippen LogP contribution in [0.25, 0.3) is 0 Å². The number of carbonyl (C=O) groups excluding carboxylic acids is 1. The molecule has 2 aromatic rings. The summed E-state index contributed by atoms with van der Waals surface area (Å²) >= 11 is 0. The lowest BCUT2D eigenvalue weighted by atomic mass is 10.1. The van der Waals surface area contributed by atoms with Crippen LogP contribution in [-0.2, 0) is 17.8 Å². The highest BCUT2D eigenvalue weighted by atomic mass is 16.5. The second-order valence-corrected chi connectivity index (χ2v) is 4.82. The maximum Gasteiger partial charge on any atom is 0.338 e. The number of esters is 1. The van der Waals surface area contributed by atoms with Gasteiger partial charge in [0.2, 0.25) is 0 Å². The zero-order valence-corrected chi connectivity index (χ0v) is 11.8. The highest BCUT2D eigenvalue weighted by Gasteiger charge is 2.08. The maximum atomic E-state index is 11.9. The summed E-state index contributed by atoms with van der Waals surface area (Å²) < 4.78 is 5.30. The van der Waals surface area contributed by atoms with Crippen LogP contribution in [0.1, 0.15) is 34.0 Å². The number of anilines is 1. The Morgan fingerprint density at radius 3 is 2.35 bits per heavy atom. The van der Waals surface area contributed by atoms with Crippen molar-refractivity contribution < 1.29 is 9.53 Å². The van der Waals surface area contributed by atoms with E-state index in [4.69, 9.17) is 10.5 Å². The van der Waals surface area contributed by atoms with Crippen LogP contribution in [0.4, 0.5) is 5.69 Å². The zero-order chi connectivity index (χ0) is 14.5. The fourth-order valence-electron chi connectivity index (χ4n) is 1.91. The van der Waals surface area contributed by atoms with E-state index < -0.39 is 0 Å². The van der Waals surface area contributed by atoms with E-state index in [1.807, 2.05) is 19.1 Å². The summed E-state index contributed by atoms with van der Waals surface area (Å²) in [4.78, 5) is 11.9. The van der Waals surface area contributed by atoms with Crippen LogP contribution in [0.15, 0.2) is 42.5 Å². The number of aryl methyl sites for hydroxylation is 2. The van der Waals surface area contributed by atoms with E-state index in [1.54, 1.807) is 18.2 Å². The van der Waals surface area contributed by atoms with E-state index in [0.717, 1.165) is 17.5 Å². The molecule has 0 spiro atoms. The Balaban J connectivity index is 1.98. The number of hydrogen-bond donors (Lipinski definition) is 1. The Morgan fingerprint density at radius 1 is 1.10 bits per heavy atom. The third kappa shape index (κ3) is 3.38. The lowest BCUT2D eigenvalue weighted by Crippen LogP contribution is -2.06. The number of carbonyl (C=O) groups is 1. The van der Waals surface area contributed by atoms with Gasteiger partial charge in [0, 0.05) is 5.69 Å². The van der Waals surface area contributed by atoms with Crippen LogP contribution < -0.4 is 5.73 Å². The number of hydrogen-bond acceptors (Lipinski definition) is 3. The first kappa shape index (κ1) is 14.1. The molecule has 20 heavy (non-hydrogen) atoms. The van der Waals surface area contributed by atoms with Crippen molar-refractivity contribution in [3.63, 3.8) is 0 Å². The maximum absolute atomic E-state index is 11.9. The molecule has 0 bridgehead atoms. The van der Waals surface area contributed by atoms with Crippen molar-refractivity contribution in [2.75, 3.05) is 5.73 Å². The minimum atomic E-state index is -0.326. The van der Waals surface area contributed by atoms with E-state index in [0.29, 0.717) is 11.3 Å². The lowest BCUT2D eigenvalue weighted by Gasteiger charge is -2.07. The van der Waals surface area contributed by atoms with Crippen LogP contribution in [0.2, 0.25) is 0 Å². The molecule has 0 amide bonds. The third-order valence-electron chi connectivity index (χ3n) is 3.31. The molecule has 0 aliphatic rings. The van der Waals surface area contributed by atoms with Gasteiger partial charge in [-0.25, -0.2) is 4.79 Å². The van der Waals surface area contributed by atoms with Crippen molar-refractivity contribution in [1.29, 1.82) is 0 Å². The zero-order valence-electron chi connectivity index (χ0n) is 11.8. The van der Waals surface area contributed by atoms with Gasteiger partial charge in [0.1, 0.15) is 6.61 Å². The molecule has 2 N–H and O–H groups in total. The monoisotopic (exact) mass is 269 g/mol. The van der Waals surface area contributed by atoms with Gasteiger partial charge in [0.05, 0.1) is 5.56 Å².